The van der Waals surface area contributed by atoms with E-state index in [1.807, 2.05) is 0 Å². The number of oxazole rings is 1. The van der Waals surface area contributed by atoms with Crippen LogP contribution < -0.4 is 5.73 Å². The molecule has 0 saturated heterocycles. The molecular formula is C16H24N2O. The van der Waals surface area contributed by atoms with Crippen LogP contribution in [0, 0.1) is 19.3 Å². The van der Waals surface area contributed by atoms with E-state index in [2.05, 4.69) is 44.8 Å². The van der Waals surface area contributed by atoms with E-state index in [1.165, 1.54) is 5.56 Å². The van der Waals surface area contributed by atoms with E-state index < -0.39 is 0 Å². The maximum Gasteiger partial charge on any atom is 0.195 e. The molecule has 1 aromatic carbocycles. The average Bonchev–Trinajstić information content (AvgIpc) is 2.70. The largest absolute Gasteiger partial charge is 0.440 e. The zero-order valence-corrected chi connectivity index (χ0v) is 12.4. The Bertz CT molecular complexity index is 569. The monoisotopic (exact) mass is 260 g/mol. The molecule has 0 amide bonds. The van der Waals surface area contributed by atoms with Gasteiger partial charge in [0.2, 0.25) is 0 Å². The third-order valence-corrected chi connectivity index (χ3v) is 3.70. The van der Waals surface area contributed by atoms with Crippen molar-refractivity contribution in [3.63, 3.8) is 0 Å². The van der Waals surface area contributed by atoms with E-state index in [0.29, 0.717) is 0 Å². The molecule has 0 aliphatic heterocycles. The second-order valence-electron chi connectivity index (χ2n) is 6.24. The summed E-state index contributed by atoms with van der Waals surface area (Å²) >= 11 is 0. The molecule has 2 N–H and O–H groups in total. The summed E-state index contributed by atoms with van der Waals surface area (Å²) in [4.78, 5) is 4.60. The van der Waals surface area contributed by atoms with Gasteiger partial charge < -0.3 is 10.2 Å². The number of aryl methyl sites for hydroxylation is 3. The molecule has 2 rings (SSSR count). The van der Waals surface area contributed by atoms with Gasteiger partial charge in [0.1, 0.15) is 5.52 Å². The van der Waals surface area contributed by atoms with Gasteiger partial charge in [-0.15, -0.1) is 0 Å². The van der Waals surface area contributed by atoms with Gasteiger partial charge in [-0.3, -0.25) is 0 Å². The molecule has 2 aromatic rings. The van der Waals surface area contributed by atoms with E-state index in [1.54, 1.807) is 0 Å². The smallest absolute Gasteiger partial charge is 0.195 e. The molecule has 0 spiro atoms. The lowest BCUT2D eigenvalue weighted by molar-refractivity contribution is 0.302. The number of nitrogens with two attached hydrogens (primary N) is 1. The lowest BCUT2D eigenvalue weighted by Crippen LogP contribution is -2.17. The Morgan fingerprint density at radius 3 is 2.63 bits per heavy atom. The second-order valence-corrected chi connectivity index (χ2v) is 6.24. The highest BCUT2D eigenvalue weighted by molar-refractivity contribution is 5.77. The van der Waals surface area contributed by atoms with Crippen molar-refractivity contribution < 1.29 is 4.42 Å². The summed E-state index contributed by atoms with van der Waals surface area (Å²) in [6.45, 7) is 9.39. The number of hydrogen-bond acceptors (Lipinski definition) is 3. The van der Waals surface area contributed by atoms with Gasteiger partial charge in [-0.25, -0.2) is 4.98 Å². The molecule has 0 unspecified atom stereocenters. The standard InChI is InChI=1S/C16H24N2O/c1-11-9-12(2)15-13(10-11)18-14(19-15)5-6-16(3,4)7-8-17/h9-10H,5-8,17H2,1-4H3. The lowest BCUT2D eigenvalue weighted by Gasteiger charge is -2.22. The molecule has 0 aliphatic rings. The van der Waals surface area contributed by atoms with Crippen molar-refractivity contribution in [3.8, 4) is 0 Å². The van der Waals surface area contributed by atoms with Crippen molar-refractivity contribution in [1.82, 2.24) is 4.98 Å². The summed E-state index contributed by atoms with van der Waals surface area (Å²) in [7, 11) is 0. The van der Waals surface area contributed by atoms with Crippen LogP contribution in [0.4, 0.5) is 0 Å². The van der Waals surface area contributed by atoms with Crippen molar-refractivity contribution in [2.45, 2.75) is 47.0 Å². The lowest BCUT2D eigenvalue weighted by atomic mass is 9.84. The fraction of sp³-hybridized carbons (Fsp3) is 0.562. The first-order valence-corrected chi connectivity index (χ1v) is 6.98. The number of aromatic nitrogens is 1. The van der Waals surface area contributed by atoms with Gasteiger partial charge in [-0.2, -0.15) is 0 Å². The van der Waals surface area contributed by atoms with E-state index in [4.69, 9.17) is 10.2 Å². The number of hydrogen-bond donors (Lipinski definition) is 1. The van der Waals surface area contributed by atoms with Crippen LogP contribution in [0.2, 0.25) is 0 Å². The van der Waals surface area contributed by atoms with Gasteiger partial charge in [-0.05, 0) is 55.8 Å². The summed E-state index contributed by atoms with van der Waals surface area (Å²) in [5.74, 6) is 0.841. The van der Waals surface area contributed by atoms with E-state index >= 15 is 0 Å². The van der Waals surface area contributed by atoms with Crippen LogP contribution in [0.25, 0.3) is 11.1 Å². The molecule has 104 valence electrons. The predicted octanol–water partition coefficient (Wildman–Crippen LogP) is 3.75. The van der Waals surface area contributed by atoms with Crippen molar-refractivity contribution in [2.24, 2.45) is 11.1 Å². The SMILES string of the molecule is Cc1cc(C)c2oc(CCC(C)(C)CCN)nc2c1. The van der Waals surface area contributed by atoms with Crippen LogP contribution in [0.1, 0.15) is 43.7 Å². The first-order chi connectivity index (χ1) is 8.91. The summed E-state index contributed by atoms with van der Waals surface area (Å²) in [5, 5.41) is 0. The van der Waals surface area contributed by atoms with Crippen LogP contribution >= 0.6 is 0 Å². The molecule has 3 heteroatoms. The highest BCUT2D eigenvalue weighted by Gasteiger charge is 2.18. The quantitative estimate of drug-likeness (QED) is 0.890. The predicted molar refractivity (Wildman–Crippen MR) is 79.3 cm³/mol. The summed E-state index contributed by atoms with van der Waals surface area (Å²) in [6.07, 6.45) is 2.96. The maximum absolute atomic E-state index is 5.88. The molecule has 0 radical (unpaired) electrons. The molecule has 0 fully saturated rings. The van der Waals surface area contributed by atoms with Gasteiger partial charge >= 0.3 is 0 Å². The Labute approximate surface area is 115 Å². The Morgan fingerprint density at radius 2 is 1.95 bits per heavy atom. The van der Waals surface area contributed by atoms with E-state index in [9.17, 15) is 0 Å². The highest BCUT2D eigenvalue weighted by Crippen LogP contribution is 2.28. The van der Waals surface area contributed by atoms with Crippen LogP contribution in [-0.4, -0.2) is 11.5 Å². The van der Waals surface area contributed by atoms with Crippen LogP contribution in [0.5, 0.6) is 0 Å². The zero-order chi connectivity index (χ0) is 14.0. The van der Waals surface area contributed by atoms with E-state index in [0.717, 1.165) is 48.4 Å². The summed E-state index contributed by atoms with van der Waals surface area (Å²) < 4.78 is 5.88. The number of nitrogens with zero attached hydrogens (tertiary/aromatic N) is 1. The molecule has 0 saturated carbocycles. The van der Waals surface area contributed by atoms with E-state index in [-0.39, 0.29) is 5.41 Å². The normalized spacial score (nSPS) is 12.3. The fourth-order valence-corrected chi connectivity index (χ4v) is 2.49. The number of fused-ring (bicyclic) bond motifs is 1. The van der Waals surface area contributed by atoms with Gasteiger partial charge in [0, 0.05) is 6.42 Å². The molecule has 0 bridgehead atoms. The molecular weight excluding hydrogens is 236 g/mol. The van der Waals surface area contributed by atoms with Gasteiger partial charge in [0.05, 0.1) is 0 Å². The second kappa shape index (κ2) is 5.33. The van der Waals surface area contributed by atoms with Crippen LogP contribution in [0.3, 0.4) is 0 Å². The Hall–Kier alpha value is -1.35. The third kappa shape index (κ3) is 3.35. The minimum Gasteiger partial charge on any atom is -0.440 e. The van der Waals surface area contributed by atoms with Crippen LogP contribution in [-0.2, 0) is 6.42 Å². The number of rotatable bonds is 5. The first kappa shape index (κ1) is 14.1. The van der Waals surface area contributed by atoms with Crippen molar-refractivity contribution in [3.05, 3.63) is 29.2 Å². The maximum atomic E-state index is 5.88. The Morgan fingerprint density at radius 1 is 1.21 bits per heavy atom. The molecule has 0 aliphatic carbocycles. The zero-order valence-electron chi connectivity index (χ0n) is 12.4. The molecule has 0 atom stereocenters. The van der Waals surface area contributed by atoms with Gasteiger partial charge in [-0.1, -0.05) is 19.9 Å². The molecule has 19 heavy (non-hydrogen) atoms. The molecule has 1 aromatic heterocycles. The summed E-state index contributed by atoms with van der Waals surface area (Å²) in [5.41, 5.74) is 10.2. The fourth-order valence-electron chi connectivity index (χ4n) is 2.49. The van der Waals surface area contributed by atoms with Crippen molar-refractivity contribution in [1.29, 1.82) is 0 Å². The highest BCUT2D eigenvalue weighted by atomic mass is 16.3. The summed E-state index contributed by atoms with van der Waals surface area (Å²) in [6, 6.07) is 4.22. The molecule has 1 heterocycles. The minimum atomic E-state index is 0.250. The van der Waals surface area contributed by atoms with Gasteiger partial charge in [0.15, 0.2) is 11.5 Å². The van der Waals surface area contributed by atoms with Crippen LogP contribution in [0.15, 0.2) is 16.5 Å². The van der Waals surface area contributed by atoms with Crippen molar-refractivity contribution in [2.75, 3.05) is 6.54 Å². The number of benzene rings is 1. The first-order valence-electron chi connectivity index (χ1n) is 6.98. The Kier molecular flexibility index (Phi) is 3.95. The minimum absolute atomic E-state index is 0.250. The molecule has 3 nitrogen and oxygen atoms in total. The topological polar surface area (TPSA) is 52.0 Å². The van der Waals surface area contributed by atoms with Crippen molar-refractivity contribution >= 4 is 11.1 Å². The third-order valence-electron chi connectivity index (χ3n) is 3.70. The van der Waals surface area contributed by atoms with Gasteiger partial charge in [0.25, 0.3) is 0 Å². The average molecular weight is 260 g/mol. The Balaban J connectivity index is 2.16.